The maximum atomic E-state index is 11.4. The largest absolute Gasteiger partial charge is 0.353 e. The molecular formula is C5H10FNOS. The zero-order valence-corrected chi connectivity index (χ0v) is 5.96. The molecule has 0 fully saturated rings. The Kier molecular flexibility index (Phi) is 5.72. The molecule has 0 aliphatic heterocycles. The quantitative estimate of drug-likeness (QED) is 0.559. The zero-order chi connectivity index (χ0) is 7.11. The molecule has 0 aliphatic rings. The van der Waals surface area contributed by atoms with Gasteiger partial charge in [0.25, 0.3) is 0 Å². The van der Waals surface area contributed by atoms with Crippen LogP contribution in [-0.2, 0) is 4.79 Å². The van der Waals surface area contributed by atoms with Gasteiger partial charge in [0.15, 0.2) is 0 Å². The van der Waals surface area contributed by atoms with Crippen molar-refractivity contribution in [1.29, 1.82) is 0 Å². The van der Waals surface area contributed by atoms with Crippen LogP contribution in [0.15, 0.2) is 0 Å². The van der Waals surface area contributed by atoms with E-state index in [1.54, 1.807) is 0 Å². The normalized spacial score (nSPS) is 9.11. The van der Waals surface area contributed by atoms with Crippen LogP contribution in [0.3, 0.4) is 0 Å². The van der Waals surface area contributed by atoms with Gasteiger partial charge >= 0.3 is 0 Å². The van der Waals surface area contributed by atoms with E-state index in [2.05, 4.69) is 17.9 Å². The molecular weight excluding hydrogens is 141 g/mol. The summed E-state index contributed by atoms with van der Waals surface area (Å²) in [6, 6.07) is 0. The maximum Gasteiger partial charge on any atom is 0.220 e. The Bertz CT molecular complexity index is 89.0. The van der Waals surface area contributed by atoms with E-state index in [0.29, 0.717) is 12.2 Å². The SMILES string of the molecule is O=C(CCS)NCCF. The van der Waals surface area contributed by atoms with Crippen LogP contribution in [0.5, 0.6) is 0 Å². The summed E-state index contributed by atoms with van der Waals surface area (Å²) >= 11 is 3.83. The molecule has 4 heteroatoms. The van der Waals surface area contributed by atoms with E-state index in [1.165, 1.54) is 0 Å². The molecule has 0 rings (SSSR count). The molecule has 0 aromatic heterocycles. The number of rotatable bonds is 4. The van der Waals surface area contributed by atoms with Gasteiger partial charge in [-0.25, -0.2) is 4.39 Å². The van der Waals surface area contributed by atoms with Crippen LogP contribution in [-0.4, -0.2) is 24.9 Å². The first-order valence-corrected chi connectivity index (χ1v) is 3.38. The minimum atomic E-state index is -0.502. The number of alkyl halides is 1. The summed E-state index contributed by atoms with van der Waals surface area (Å²) in [5.41, 5.74) is 0. The van der Waals surface area contributed by atoms with Gasteiger partial charge < -0.3 is 5.32 Å². The van der Waals surface area contributed by atoms with Crippen molar-refractivity contribution in [2.45, 2.75) is 6.42 Å². The summed E-state index contributed by atoms with van der Waals surface area (Å²) in [5, 5.41) is 2.37. The summed E-state index contributed by atoms with van der Waals surface area (Å²) in [5.74, 6) is 0.376. The van der Waals surface area contributed by atoms with E-state index in [9.17, 15) is 9.18 Å². The average molecular weight is 151 g/mol. The van der Waals surface area contributed by atoms with Gasteiger partial charge in [0.1, 0.15) is 6.67 Å². The lowest BCUT2D eigenvalue weighted by Gasteiger charge is -1.97. The summed E-state index contributed by atoms with van der Waals surface area (Å²) < 4.78 is 11.4. The predicted octanol–water partition coefficient (Wildman–Crippen LogP) is 0.392. The first-order valence-electron chi connectivity index (χ1n) is 2.74. The van der Waals surface area contributed by atoms with E-state index < -0.39 is 6.67 Å². The summed E-state index contributed by atoms with van der Waals surface area (Å²) in [6.45, 7) is -0.384. The minimum Gasteiger partial charge on any atom is -0.353 e. The van der Waals surface area contributed by atoms with Crippen LogP contribution in [0.4, 0.5) is 4.39 Å². The van der Waals surface area contributed by atoms with Crippen LogP contribution >= 0.6 is 12.6 Å². The molecule has 1 amide bonds. The van der Waals surface area contributed by atoms with Crippen molar-refractivity contribution < 1.29 is 9.18 Å². The van der Waals surface area contributed by atoms with Crippen molar-refractivity contribution >= 4 is 18.5 Å². The van der Waals surface area contributed by atoms with Crippen molar-refractivity contribution in [1.82, 2.24) is 5.32 Å². The molecule has 0 radical (unpaired) electrons. The molecule has 0 aromatic carbocycles. The monoisotopic (exact) mass is 151 g/mol. The molecule has 2 nitrogen and oxygen atoms in total. The topological polar surface area (TPSA) is 29.1 Å². The highest BCUT2D eigenvalue weighted by molar-refractivity contribution is 7.80. The van der Waals surface area contributed by atoms with Gasteiger partial charge in [0.2, 0.25) is 5.91 Å². The van der Waals surface area contributed by atoms with Gasteiger partial charge in [-0.05, 0) is 5.75 Å². The van der Waals surface area contributed by atoms with Crippen LogP contribution < -0.4 is 5.32 Å². The molecule has 0 unspecified atom stereocenters. The second-order valence-electron chi connectivity index (χ2n) is 1.51. The Labute approximate surface area is 59.2 Å². The Hall–Kier alpha value is -0.250. The molecule has 0 heterocycles. The summed E-state index contributed by atoms with van der Waals surface area (Å²) in [4.78, 5) is 10.5. The van der Waals surface area contributed by atoms with E-state index in [1.807, 2.05) is 0 Å². The van der Waals surface area contributed by atoms with Crippen molar-refractivity contribution in [3.63, 3.8) is 0 Å². The molecule has 0 aliphatic carbocycles. The van der Waals surface area contributed by atoms with Gasteiger partial charge in [-0.2, -0.15) is 12.6 Å². The van der Waals surface area contributed by atoms with E-state index >= 15 is 0 Å². The van der Waals surface area contributed by atoms with Gasteiger partial charge in [-0.3, -0.25) is 4.79 Å². The van der Waals surface area contributed by atoms with Gasteiger partial charge in [0.05, 0.1) is 0 Å². The molecule has 0 spiro atoms. The van der Waals surface area contributed by atoms with Crippen molar-refractivity contribution in [3.05, 3.63) is 0 Å². The molecule has 0 saturated carbocycles. The number of halogens is 1. The highest BCUT2D eigenvalue weighted by Gasteiger charge is 1.95. The van der Waals surface area contributed by atoms with Crippen molar-refractivity contribution in [3.8, 4) is 0 Å². The Morgan fingerprint density at radius 2 is 2.33 bits per heavy atom. The van der Waals surface area contributed by atoms with E-state index in [0.717, 1.165) is 0 Å². The zero-order valence-electron chi connectivity index (χ0n) is 5.06. The van der Waals surface area contributed by atoms with Crippen LogP contribution in [0.2, 0.25) is 0 Å². The highest BCUT2D eigenvalue weighted by atomic mass is 32.1. The fourth-order valence-electron chi connectivity index (χ4n) is 0.377. The molecule has 0 saturated heterocycles. The number of hydrogen-bond acceptors (Lipinski definition) is 2. The smallest absolute Gasteiger partial charge is 0.220 e. The van der Waals surface area contributed by atoms with Crippen LogP contribution in [0.1, 0.15) is 6.42 Å². The summed E-state index contributed by atoms with van der Waals surface area (Å²) in [7, 11) is 0. The Morgan fingerprint density at radius 3 is 2.78 bits per heavy atom. The highest BCUT2D eigenvalue weighted by Crippen LogP contribution is 1.81. The van der Waals surface area contributed by atoms with Crippen LogP contribution in [0, 0.1) is 0 Å². The molecule has 54 valence electrons. The number of hydrogen-bond donors (Lipinski definition) is 2. The Balaban J connectivity index is 3.06. The first-order chi connectivity index (χ1) is 4.31. The fourth-order valence-corrected chi connectivity index (χ4v) is 0.580. The summed E-state index contributed by atoms with van der Waals surface area (Å²) in [6.07, 6.45) is 0.364. The molecule has 1 N–H and O–H groups in total. The second kappa shape index (κ2) is 5.88. The molecule has 9 heavy (non-hydrogen) atoms. The first kappa shape index (κ1) is 8.75. The number of thiol groups is 1. The lowest BCUT2D eigenvalue weighted by molar-refractivity contribution is -0.120. The molecule has 0 atom stereocenters. The third-order valence-electron chi connectivity index (χ3n) is 0.756. The Morgan fingerprint density at radius 1 is 1.67 bits per heavy atom. The van der Waals surface area contributed by atoms with E-state index in [4.69, 9.17) is 0 Å². The van der Waals surface area contributed by atoms with Gasteiger partial charge in [-0.15, -0.1) is 0 Å². The number of nitrogens with one attached hydrogen (secondary N) is 1. The number of carbonyl (C=O) groups excluding carboxylic acids is 1. The lowest BCUT2D eigenvalue weighted by atomic mass is 10.4. The maximum absolute atomic E-state index is 11.4. The second-order valence-corrected chi connectivity index (χ2v) is 1.96. The predicted molar refractivity (Wildman–Crippen MR) is 37.5 cm³/mol. The van der Waals surface area contributed by atoms with Gasteiger partial charge in [-0.1, -0.05) is 0 Å². The van der Waals surface area contributed by atoms with Crippen LogP contribution in [0.25, 0.3) is 0 Å². The fraction of sp³-hybridized carbons (Fsp3) is 0.800. The number of amides is 1. The lowest BCUT2D eigenvalue weighted by Crippen LogP contribution is -2.25. The van der Waals surface area contributed by atoms with Crippen molar-refractivity contribution in [2.24, 2.45) is 0 Å². The molecule has 0 bridgehead atoms. The molecule has 0 aromatic rings. The average Bonchev–Trinajstić information content (AvgIpc) is 1.85. The van der Waals surface area contributed by atoms with E-state index in [-0.39, 0.29) is 12.5 Å². The third kappa shape index (κ3) is 5.62. The van der Waals surface area contributed by atoms with Crippen molar-refractivity contribution in [2.75, 3.05) is 19.0 Å². The number of carbonyl (C=O) groups is 1. The third-order valence-corrected chi connectivity index (χ3v) is 0.979. The minimum absolute atomic E-state index is 0.118. The van der Waals surface area contributed by atoms with Gasteiger partial charge in [0, 0.05) is 13.0 Å². The standard InChI is InChI=1S/C5H10FNOS/c6-2-3-7-5(8)1-4-9/h9H,1-4H2,(H,7,8).